The molecule has 0 aliphatic carbocycles. The van der Waals surface area contributed by atoms with E-state index in [0.29, 0.717) is 13.0 Å². The lowest BCUT2D eigenvalue weighted by Gasteiger charge is -2.16. The Labute approximate surface area is 116 Å². The van der Waals surface area contributed by atoms with E-state index in [-0.39, 0.29) is 12.0 Å². The van der Waals surface area contributed by atoms with Crippen LogP contribution in [0.5, 0.6) is 0 Å². The summed E-state index contributed by atoms with van der Waals surface area (Å²) in [5.41, 5.74) is 1.34. The fraction of sp³-hybridized carbons (Fsp3) is 0.615. The Morgan fingerprint density at radius 3 is 3.06 bits per heavy atom. The SMILES string of the molecule is CC(O)CCN(C)C(=O)c1cc2c(s1)CCSC2. The normalized spacial score (nSPS) is 16.2. The molecular weight excluding hydrogens is 266 g/mol. The third-order valence-corrected chi connectivity index (χ3v) is 5.30. The van der Waals surface area contributed by atoms with E-state index < -0.39 is 0 Å². The van der Waals surface area contributed by atoms with Gasteiger partial charge in [-0.25, -0.2) is 0 Å². The third kappa shape index (κ3) is 3.28. The molecule has 3 nitrogen and oxygen atoms in total. The van der Waals surface area contributed by atoms with Crippen molar-refractivity contribution in [3.8, 4) is 0 Å². The summed E-state index contributed by atoms with van der Waals surface area (Å²) in [7, 11) is 1.80. The number of carbonyl (C=O) groups is 1. The van der Waals surface area contributed by atoms with Crippen LogP contribution in [-0.2, 0) is 12.2 Å². The zero-order valence-corrected chi connectivity index (χ0v) is 12.4. The van der Waals surface area contributed by atoms with E-state index in [2.05, 4.69) is 0 Å². The van der Waals surface area contributed by atoms with Crippen LogP contribution in [-0.4, -0.2) is 41.4 Å². The molecule has 0 spiro atoms. The first kappa shape index (κ1) is 13.9. The van der Waals surface area contributed by atoms with Gasteiger partial charge in [0.15, 0.2) is 0 Å². The van der Waals surface area contributed by atoms with Crippen LogP contribution >= 0.6 is 23.1 Å². The summed E-state index contributed by atoms with van der Waals surface area (Å²) in [4.78, 5) is 16.1. The molecular formula is C13H19NO2S2. The van der Waals surface area contributed by atoms with E-state index in [0.717, 1.165) is 17.1 Å². The molecule has 1 N–H and O–H groups in total. The van der Waals surface area contributed by atoms with E-state index in [1.54, 1.807) is 30.2 Å². The van der Waals surface area contributed by atoms with Crippen molar-refractivity contribution >= 4 is 29.0 Å². The van der Waals surface area contributed by atoms with Crippen LogP contribution in [0.3, 0.4) is 0 Å². The van der Waals surface area contributed by atoms with Gasteiger partial charge in [-0.15, -0.1) is 11.3 Å². The molecule has 1 aromatic heterocycles. The van der Waals surface area contributed by atoms with Gasteiger partial charge in [-0.1, -0.05) is 0 Å². The average Bonchev–Trinajstić information content (AvgIpc) is 2.78. The fourth-order valence-corrected chi connectivity index (χ4v) is 4.29. The predicted octanol–water partition coefficient (Wildman–Crippen LogP) is 2.38. The number of aryl methyl sites for hydroxylation is 1. The van der Waals surface area contributed by atoms with Gasteiger partial charge in [-0.3, -0.25) is 4.79 Å². The molecule has 0 bridgehead atoms. The van der Waals surface area contributed by atoms with Gasteiger partial charge in [0.05, 0.1) is 11.0 Å². The van der Waals surface area contributed by atoms with E-state index in [9.17, 15) is 9.90 Å². The smallest absolute Gasteiger partial charge is 0.263 e. The maximum absolute atomic E-state index is 12.2. The molecule has 1 atom stereocenters. The van der Waals surface area contributed by atoms with Gasteiger partial charge in [-0.05, 0) is 37.1 Å². The largest absolute Gasteiger partial charge is 0.393 e. The first-order valence-corrected chi connectivity index (χ1v) is 8.18. The first-order valence-electron chi connectivity index (χ1n) is 6.21. The lowest BCUT2D eigenvalue weighted by molar-refractivity contribution is 0.0773. The van der Waals surface area contributed by atoms with E-state index in [4.69, 9.17) is 0 Å². The minimum absolute atomic E-state index is 0.0834. The van der Waals surface area contributed by atoms with Gasteiger partial charge in [0.2, 0.25) is 0 Å². The molecule has 2 heterocycles. The number of aliphatic hydroxyl groups is 1. The molecule has 0 saturated carbocycles. The Balaban J connectivity index is 2.02. The van der Waals surface area contributed by atoms with Crippen molar-refractivity contribution in [2.75, 3.05) is 19.3 Å². The summed E-state index contributed by atoms with van der Waals surface area (Å²) in [6.45, 7) is 2.35. The fourth-order valence-electron chi connectivity index (χ4n) is 1.92. The zero-order chi connectivity index (χ0) is 13.1. The number of amides is 1. The Morgan fingerprint density at radius 2 is 2.39 bits per heavy atom. The van der Waals surface area contributed by atoms with Gasteiger partial charge in [0.25, 0.3) is 5.91 Å². The Hall–Kier alpha value is -0.520. The summed E-state index contributed by atoms with van der Waals surface area (Å²) in [6, 6.07) is 2.05. The Bertz CT molecular complexity index is 405. The predicted molar refractivity (Wildman–Crippen MR) is 77.4 cm³/mol. The molecule has 5 heteroatoms. The highest BCUT2D eigenvalue weighted by Crippen LogP contribution is 2.32. The summed E-state index contributed by atoms with van der Waals surface area (Å²) in [6.07, 6.45) is 1.37. The summed E-state index contributed by atoms with van der Waals surface area (Å²) in [5.74, 6) is 2.29. The quantitative estimate of drug-likeness (QED) is 0.923. The van der Waals surface area contributed by atoms with Crippen molar-refractivity contribution < 1.29 is 9.90 Å². The molecule has 0 saturated heterocycles. The van der Waals surface area contributed by atoms with Crippen LogP contribution in [0.25, 0.3) is 0 Å². The molecule has 1 aliphatic heterocycles. The van der Waals surface area contributed by atoms with Crippen LogP contribution in [0.1, 0.15) is 33.5 Å². The second-order valence-corrected chi connectivity index (χ2v) is 6.97. The van der Waals surface area contributed by atoms with Gasteiger partial charge < -0.3 is 10.0 Å². The molecule has 2 rings (SSSR count). The van der Waals surface area contributed by atoms with Crippen molar-refractivity contribution in [3.63, 3.8) is 0 Å². The molecule has 1 amide bonds. The second kappa shape index (κ2) is 6.08. The van der Waals surface area contributed by atoms with Crippen LogP contribution in [0.2, 0.25) is 0 Å². The minimum atomic E-state index is -0.354. The van der Waals surface area contributed by atoms with Crippen LogP contribution in [0.15, 0.2) is 6.07 Å². The van der Waals surface area contributed by atoms with Crippen molar-refractivity contribution in [1.82, 2.24) is 4.90 Å². The van der Waals surface area contributed by atoms with Crippen molar-refractivity contribution in [2.45, 2.75) is 31.6 Å². The van der Waals surface area contributed by atoms with E-state index >= 15 is 0 Å². The lowest BCUT2D eigenvalue weighted by Crippen LogP contribution is -2.28. The van der Waals surface area contributed by atoms with Crippen molar-refractivity contribution in [1.29, 1.82) is 0 Å². The number of hydrogen-bond acceptors (Lipinski definition) is 4. The number of aliphatic hydroxyl groups excluding tert-OH is 1. The molecule has 100 valence electrons. The van der Waals surface area contributed by atoms with Crippen molar-refractivity contribution in [3.05, 3.63) is 21.4 Å². The maximum atomic E-state index is 12.2. The van der Waals surface area contributed by atoms with Crippen molar-refractivity contribution in [2.24, 2.45) is 0 Å². The lowest BCUT2D eigenvalue weighted by atomic mass is 10.2. The van der Waals surface area contributed by atoms with Crippen LogP contribution in [0.4, 0.5) is 0 Å². The standard InChI is InChI=1S/C13H19NO2S2/c1-9(15)3-5-14(2)13(16)12-7-10-8-17-6-4-11(10)18-12/h7,9,15H,3-6,8H2,1-2H3. The summed E-state index contributed by atoms with van der Waals surface area (Å²) >= 11 is 3.57. The Morgan fingerprint density at radius 1 is 1.61 bits per heavy atom. The number of rotatable bonds is 4. The Kier molecular flexibility index (Phi) is 4.70. The third-order valence-electron chi connectivity index (χ3n) is 3.07. The molecule has 18 heavy (non-hydrogen) atoms. The van der Waals surface area contributed by atoms with Gasteiger partial charge in [0.1, 0.15) is 0 Å². The number of fused-ring (bicyclic) bond motifs is 1. The first-order chi connectivity index (χ1) is 8.58. The molecule has 1 aromatic rings. The highest BCUT2D eigenvalue weighted by atomic mass is 32.2. The number of thiophene rings is 1. The molecule has 0 aromatic carbocycles. The minimum Gasteiger partial charge on any atom is -0.393 e. The summed E-state index contributed by atoms with van der Waals surface area (Å²) in [5, 5.41) is 9.25. The number of hydrogen-bond donors (Lipinski definition) is 1. The number of thioether (sulfide) groups is 1. The highest BCUT2D eigenvalue weighted by Gasteiger charge is 2.19. The maximum Gasteiger partial charge on any atom is 0.263 e. The average molecular weight is 285 g/mol. The monoisotopic (exact) mass is 285 g/mol. The van der Waals surface area contributed by atoms with Gasteiger partial charge >= 0.3 is 0 Å². The molecule has 1 aliphatic rings. The zero-order valence-electron chi connectivity index (χ0n) is 10.8. The topological polar surface area (TPSA) is 40.5 Å². The van der Waals surface area contributed by atoms with Crippen LogP contribution < -0.4 is 0 Å². The number of nitrogens with zero attached hydrogens (tertiary/aromatic N) is 1. The molecule has 1 unspecified atom stereocenters. The summed E-state index contributed by atoms with van der Waals surface area (Å²) < 4.78 is 0. The number of carbonyl (C=O) groups excluding carboxylic acids is 1. The second-order valence-electron chi connectivity index (χ2n) is 4.73. The van der Waals surface area contributed by atoms with E-state index in [1.165, 1.54) is 16.2 Å². The molecule has 0 radical (unpaired) electrons. The van der Waals surface area contributed by atoms with E-state index in [1.807, 2.05) is 17.8 Å². The van der Waals surface area contributed by atoms with Gasteiger partial charge in [0, 0.05) is 24.2 Å². The highest BCUT2D eigenvalue weighted by molar-refractivity contribution is 7.98. The van der Waals surface area contributed by atoms with Gasteiger partial charge in [-0.2, -0.15) is 11.8 Å². The van der Waals surface area contributed by atoms with Crippen LogP contribution in [0, 0.1) is 0 Å². The molecule has 0 fully saturated rings.